The maximum Gasteiger partial charge on any atom is 0.188 e. The highest BCUT2D eigenvalue weighted by molar-refractivity contribution is 5.97. The van der Waals surface area contributed by atoms with Crippen molar-refractivity contribution in [2.45, 2.75) is 45.1 Å². The molecule has 1 fully saturated rings. The van der Waals surface area contributed by atoms with Gasteiger partial charge in [-0.15, -0.1) is 0 Å². The number of Topliss-reactive ketones (excluding diaryl/α,β-unsaturated/α-hetero) is 1. The zero-order chi connectivity index (χ0) is 12.8. The van der Waals surface area contributed by atoms with E-state index in [1.165, 1.54) is 19.3 Å². The van der Waals surface area contributed by atoms with Crippen LogP contribution in [-0.4, -0.2) is 18.5 Å². The maximum atomic E-state index is 12.0. The summed E-state index contributed by atoms with van der Waals surface area (Å²) in [6.07, 6.45) is 6.35. The Morgan fingerprint density at radius 2 is 1.94 bits per heavy atom. The monoisotopic (exact) mass is 246 g/mol. The number of rotatable bonds is 5. The Morgan fingerprint density at radius 3 is 2.67 bits per heavy atom. The summed E-state index contributed by atoms with van der Waals surface area (Å²) in [6, 6.07) is 9.41. The van der Waals surface area contributed by atoms with Gasteiger partial charge in [-0.25, -0.2) is 0 Å². The Morgan fingerprint density at radius 1 is 1.22 bits per heavy atom. The lowest BCUT2D eigenvalue weighted by atomic mass is 9.85. The van der Waals surface area contributed by atoms with Crippen LogP contribution in [0.2, 0.25) is 0 Å². The van der Waals surface area contributed by atoms with Crippen molar-refractivity contribution in [3.05, 3.63) is 35.9 Å². The molecule has 2 heteroatoms. The van der Waals surface area contributed by atoms with Gasteiger partial charge in [-0.1, -0.05) is 56.5 Å². The summed E-state index contributed by atoms with van der Waals surface area (Å²) in [7, 11) is 0. The Hall–Kier alpha value is -1.15. The van der Waals surface area contributed by atoms with Crippen LogP contribution in [0.1, 0.15) is 49.4 Å². The van der Waals surface area contributed by atoms with Gasteiger partial charge in [0.05, 0.1) is 6.10 Å². The van der Waals surface area contributed by atoms with Crippen LogP contribution in [0.3, 0.4) is 0 Å². The number of hydrogen-bond donors (Lipinski definition) is 0. The molecule has 0 aromatic heterocycles. The summed E-state index contributed by atoms with van der Waals surface area (Å²) in [4.78, 5) is 12.0. The predicted octanol–water partition coefficient (Wildman–Crippen LogP) is 3.85. The summed E-state index contributed by atoms with van der Waals surface area (Å²) >= 11 is 0. The van der Waals surface area contributed by atoms with E-state index in [4.69, 9.17) is 4.74 Å². The molecule has 1 aromatic rings. The van der Waals surface area contributed by atoms with Crippen LogP contribution in [0.25, 0.3) is 0 Å². The topological polar surface area (TPSA) is 26.3 Å². The number of ether oxygens (including phenoxy) is 1. The summed E-state index contributed by atoms with van der Waals surface area (Å²) in [5, 5.41) is 0. The predicted molar refractivity (Wildman–Crippen MR) is 72.8 cm³/mol. The fraction of sp³-hybridized carbons (Fsp3) is 0.562. The molecule has 2 nitrogen and oxygen atoms in total. The van der Waals surface area contributed by atoms with Crippen molar-refractivity contribution in [2.24, 2.45) is 5.92 Å². The summed E-state index contributed by atoms with van der Waals surface area (Å²) in [6.45, 7) is 2.44. The maximum absolute atomic E-state index is 12.0. The van der Waals surface area contributed by atoms with Crippen molar-refractivity contribution in [1.82, 2.24) is 0 Å². The van der Waals surface area contributed by atoms with Crippen molar-refractivity contribution in [3.63, 3.8) is 0 Å². The van der Waals surface area contributed by atoms with E-state index in [0.29, 0.717) is 5.92 Å². The number of benzene rings is 1. The molecule has 18 heavy (non-hydrogen) atoms. The summed E-state index contributed by atoms with van der Waals surface area (Å²) in [5.74, 6) is 0.735. The number of carbonyl (C=O) groups is 1. The number of hydrogen-bond acceptors (Lipinski definition) is 2. The molecule has 2 rings (SSSR count). The second-order valence-electron chi connectivity index (χ2n) is 5.09. The van der Waals surface area contributed by atoms with Gasteiger partial charge in [-0.05, 0) is 18.8 Å². The van der Waals surface area contributed by atoms with Gasteiger partial charge in [0.25, 0.3) is 0 Å². The Labute approximate surface area is 109 Å². The fourth-order valence-electron chi connectivity index (χ4n) is 2.75. The minimum atomic E-state index is 0.0935. The SMILES string of the molecule is CCC1CCCCC1OCC(=O)c1ccccc1. The zero-order valence-corrected chi connectivity index (χ0v) is 11.1. The molecule has 0 amide bonds. The van der Waals surface area contributed by atoms with E-state index < -0.39 is 0 Å². The molecule has 98 valence electrons. The Bertz CT molecular complexity index is 372. The molecule has 0 aliphatic heterocycles. The van der Waals surface area contributed by atoms with Crippen LogP contribution in [0, 0.1) is 5.92 Å². The van der Waals surface area contributed by atoms with Gasteiger partial charge in [-0.3, -0.25) is 4.79 Å². The number of ketones is 1. The molecular formula is C16H22O2. The van der Waals surface area contributed by atoms with Gasteiger partial charge in [0.1, 0.15) is 6.61 Å². The molecule has 2 unspecified atom stereocenters. The molecule has 2 atom stereocenters. The van der Waals surface area contributed by atoms with Crippen LogP contribution in [0.4, 0.5) is 0 Å². The molecule has 1 aliphatic rings. The van der Waals surface area contributed by atoms with E-state index in [1.54, 1.807) is 0 Å². The first-order valence-electron chi connectivity index (χ1n) is 7.01. The third kappa shape index (κ3) is 3.42. The third-order valence-electron chi connectivity index (χ3n) is 3.89. The highest BCUT2D eigenvalue weighted by atomic mass is 16.5. The van der Waals surface area contributed by atoms with E-state index in [2.05, 4.69) is 6.92 Å². The van der Waals surface area contributed by atoms with Crippen molar-refractivity contribution >= 4 is 5.78 Å². The summed E-state index contributed by atoms with van der Waals surface area (Å²) in [5.41, 5.74) is 0.751. The quantitative estimate of drug-likeness (QED) is 0.737. The number of carbonyl (C=O) groups excluding carboxylic acids is 1. The van der Waals surface area contributed by atoms with Crippen LogP contribution < -0.4 is 0 Å². The molecule has 0 spiro atoms. The average Bonchev–Trinajstić information content (AvgIpc) is 2.46. The minimum Gasteiger partial charge on any atom is -0.370 e. The molecule has 1 aromatic carbocycles. The fourth-order valence-corrected chi connectivity index (χ4v) is 2.75. The van der Waals surface area contributed by atoms with Crippen molar-refractivity contribution < 1.29 is 9.53 Å². The van der Waals surface area contributed by atoms with Gasteiger partial charge in [0, 0.05) is 5.56 Å². The molecule has 0 heterocycles. The van der Waals surface area contributed by atoms with Crippen LogP contribution in [-0.2, 0) is 4.74 Å². The Balaban J connectivity index is 1.85. The lowest BCUT2D eigenvalue weighted by Crippen LogP contribution is -2.29. The van der Waals surface area contributed by atoms with E-state index in [9.17, 15) is 4.79 Å². The standard InChI is InChI=1S/C16H22O2/c1-2-13-8-6-7-11-16(13)18-12-15(17)14-9-4-3-5-10-14/h3-5,9-10,13,16H,2,6-8,11-12H2,1H3. The first-order chi connectivity index (χ1) is 8.81. The molecule has 0 saturated heterocycles. The van der Waals surface area contributed by atoms with Crippen LogP contribution >= 0.6 is 0 Å². The van der Waals surface area contributed by atoms with E-state index in [-0.39, 0.29) is 18.5 Å². The molecule has 1 saturated carbocycles. The first-order valence-corrected chi connectivity index (χ1v) is 7.01. The summed E-state index contributed by atoms with van der Waals surface area (Å²) < 4.78 is 5.85. The van der Waals surface area contributed by atoms with Crippen molar-refractivity contribution in [1.29, 1.82) is 0 Å². The highest BCUT2D eigenvalue weighted by Crippen LogP contribution is 2.29. The van der Waals surface area contributed by atoms with Gasteiger partial charge in [-0.2, -0.15) is 0 Å². The van der Waals surface area contributed by atoms with E-state index in [0.717, 1.165) is 18.4 Å². The molecule has 0 N–H and O–H groups in total. The van der Waals surface area contributed by atoms with Gasteiger partial charge >= 0.3 is 0 Å². The smallest absolute Gasteiger partial charge is 0.188 e. The zero-order valence-electron chi connectivity index (χ0n) is 11.1. The van der Waals surface area contributed by atoms with Crippen LogP contribution in [0.5, 0.6) is 0 Å². The molecule has 0 radical (unpaired) electrons. The van der Waals surface area contributed by atoms with Gasteiger partial charge in [0.2, 0.25) is 0 Å². The lowest BCUT2D eigenvalue weighted by Gasteiger charge is -2.30. The van der Waals surface area contributed by atoms with E-state index in [1.807, 2.05) is 30.3 Å². The lowest BCUT2D eigenvalue weighted by molar-refractivity contribution is -0.00570. The highest BCUT2D eigenvalue weighted by Gasteiger charge is 2.24. The van der Waals surface area contributed by atoms with Crippen molar-refractivity contribution in [2.75, 3.05) is 6.61 Å². The average molecular weight is 246 g/mol. The van der Waals surface area contributed by atoms with Gasteiger partial charge in [0.15, 0.2) is 5.78 Å². The minimum absolute atomic E-state index is 0.0935. The normalized spacial score (nSPS) is 23.8. The Kier molecular flexibility index (Phi) is 4.94. The van der Waals surface area contributed by atoms with Crippen LogP contribution in [0.15, 0.2) is 30.3 Å². The van der Waals surface area contributed by atoms with E-state index >= 15 is 0 Å². The molecule has 1 aliphatic carbocycles. The second-order valence-corrected chi connectivity index (χ2v) is 5.09. The second kappa shape index (κ2) is 6.69. The third-order valence-corrected chi connectivity index (χ3v) is 3.89. The van der Waals surface area contributed by atoms with Crippen molar-refractivity contribution in [3.8, 4) is 0 Å². The van der Waals surface area contributed by atoms with Gasteiger partial charge < -0.3 is 4.74 Å². The molecular weight excluding hydrogens is 224 g/mol. The molecule has 0 bridgehead atoms. The first kappa shape index (κ1) is 13.3. The largest absolute Gasteiger partial charge is 0.370 e.